The maximum atomic E-state index is 13.9. The summed E-state index contributed by atoms with van der Waals surface area (Å²) < 4.78 is 1.96. The lowest BCUT2D eigenvalue weighted by atomic mass is 9.93. The fraction of sp³-hybridized carbons (Fsp3) is 0.370. The second kappa shape index (κ2) is 9.71. The van der Waals surface area contributed by atoms with Gasteiger partial charge in [-0.2, -0.15) is 0 Å². The van der Waals surface area contributed by atoms with E-state index in [-0.39, 0.29) is 23.8 Å². The zero-order valence-electron chi connectivity index (χ0n) is 18.8. The molecule has 3 aromatic rings. The van der Waals surface area contributed by atoms with Crippen LogP contribution in [0.1, 0.15) is 47.8 Å². The molecule has 6 nitrogen and oxygen atoms in total. The molecule has 1 aromatic heterocycles. The normalized spacial score (nSPS) is 21.2. The number of hydrogen-bond donors (Lipinski definition) is 1. The minimum Gasteiger partial charge on any atom is -0.331 e. The number of nitrogens with zero attached hydrogens (tertiary/aromatic N) is 3. The van der Waals surface area contributed by atoms with Crippen molar-refractivity contribution in [2.24, 2.45) is 0 Å². The van der Waals surface area contributed by atoms with E-state index in [1.54, 1.807) is 6.33 Å². The van der Waals surface area contributed by atoms with E-state index in [1.165, 1.54) is 5.56 Å². The van der Waals surface area contributed by atoms with Crippen molar-refractivity contribution in [2.45, 2.75) is 44.2 Å². The summed E-state index contributed by atoms with van der Waals surface area (Å²) >= 11 is 0. The summed E-state index contributed by atoms with van der Waals surface area (Å²) in [6.45, 7) is 2.16. The number of Topliss-reactive ketones (excluding diaryl/α,β-unsaturated/α-hetero) is 1. The van der Waals surface area contributed by atoms with Crippen molar-refractivity contribution in [3.05, 3.63) is 78.2 Å². The average Bonchev–Trinajstić information content (AvgIpc) is 3.30. The Morgan fingerprint density at radius 2 is 1.79 bits per heavy atom. The largest absolute Gasteiger partial charge is 0.331 e. The van der Waals surface area contributed by atoms with Crippen molar-refractivity contribution in [3.63, 3.8) is 0 Å². The van der Waals surface area contributed by atoms with Gasteiger partial charge in [-0.1, -0.05) is 67.1 Å². The van der Waals surface area contributed by atoms with Gasteiger partial charge in [0.15, 0.2) is 11.5 Å². The van der Waals surface area contributed by atoms with E-state index in [0.29, 0.717) is 18.7 Å². The van der Waals surface area contributed by atoms with Gasteiger partial charge in [-0.05, 0) is 24.8 Å². The maximum absolute atomic E-state index is 13.9. The second-order valence-electron chi connectivity index (χ2n) is 8.99. The lowest BCUT2D eigenvalue weighted by Crippen LogP contribution is -2.54. The summed E-state index contributed by atoms with van der Waals surface area (Å²) in [6.07, 6.45) is 5.85. The second-order valence-corrected chi connectivity index (χ2v) is 8.99. The van der Waals surface area contributed by atoms with Crippen molar-refractivity contribution in [2.75, 3.05) is 19.6 Å². The zero-order chi connectivity index (χ0) is 22.6. The van der Waals surface area contributed by atoms with Crippen LogP contribution in [0.15, 0.2) is 67.0 Å². The average molecular weight is 443 g/mol. The van der Waals surface area contributed by atoms with Gasteiger partial charge in [0, 0.05) is 37.7 Å². The van der Waals surface area contributed by atoms with E-state index < -0.39 is 0 Å². The Hall–Kier alpha value is -3.25. The summed E-state index contributed by atoms with van der Waals surface area (Å²) in [4.78, 5) is 33.3. The minimum atomic E-state index is -0.244. The van der Waals surface area contributed by atoms with Gasteiger partial charge in [0.25, 0.3) is 5.91 Å². The van der Waals surface area contributed by atoms with Gasteiger partial charge in [-0.15, -0.1) is 0 Å². The van der Waals surface area contributed by atoms with Gasteiger partial charge < -0.3 is 14.8 Å². The van der Waals surface area contributed by atoms with E-state index in [2.05, 4.69) is 22.4 Å². The summed E-state index contributed by atoms with van der Waals surface area (Å²) in [5.74, 6) is 0.178. The van der Waals surface area contributed by atoms with Gasteiger partial charge in [0.2, 0.25) is 0 Å². The molecule has 0 bridgehead atoms. The first-order valence-corrected chi connectivity index (χ1v) is 11.9. The molecule has 2 aromatic carbocycles. The highest BCUT2D eigenvalue weighted by Crippen LogP contribution is 2.33. The molecule has 1 unspecified atom stereocenters. The van der Waals surface area contributed by atoms with E-state index in [1.807, 2.05) is 58.0 Å². The third-order valence-corrected chi connectivity index (χ3v) is 6.83. The third kappa shape index (κ3) is 4.48. The summed E-state index contributed by atoms with van der Waals surface area (Å²) in [6, 6.07) is 20.0. The SMILES string of the molecule is O=C1CCCCC1n1cnc(C(=O)N2CCNC[C@H]2Cc2ccccc2)c1-c1ccccc1. The number of carbonyl (C=O) groups is 2. The molecule has 1 aliphatic heterocycles. The number of imidazole rings is 1. The lowest BCUT2D eigenvalue weighted by molar-refractivity contribution is -0.123. The van der Waals surface area contributed by atoms with Gasteiger partial charge in [-0.25, -0.2) is 4.98 Å². The summed E-state index contributed by atoms with van der Waals surface area (Å²) in [5, 5.41) is 3.44. The fourth-order valence-corrected chi connectivity index (χ4v) is 5.13. The number of aromatic nitrogens is 2. The van der Waals surface area contributed by atoms with E-state index in [4.69, 9.17) is 0 Å². The van der Waals surface area contributed by atoms with Crippen molar-refractivity contribution < 1.29 is 9.59 Å². The van der Waals surface area contributed by atoms with Crippen LogP contribution < -0.4 is 5.32 Å². The van der Waals surface area contributed by atoms with Crippen LogP contribution in [-0.2, 0) is 11.2 Å². The number of amides is 1. The molecule has 0 radical (unpaired) electrons. The Labute approximate surface area is 194 Å². The van der Waals surface area contributed by atoms with Crippen LogP contribution in [0.2, 0.25) is 0 Å². The van der Waals surface area contributed by atoms with Crippen LogP contribution in [-0.4, -0.2) is 51.8 Å². The van der Waals surface area contributed by atoms with Crippen LogP contribution in [0, 0.1) is 0 Å². The molecule has 5 rings (SSSR count). The van der Waals surface area contributed by atoms with Crippen LogP contribution in [0.4, 0.5) is 0 Å². The molecule has 2 fully saturated rings. The molecule has 6 heteroatoms. The maximum Gasteiger partial charge on any atom is 0.275 e. The third-order valence-electron chi connectivity index (χ3n) is 6.83. The quantitative estimate of drug-likeness (QED) is 0.651. The van der Waals surface area contributed by atoms with Gasteiger partial charge in [-0.3, -0.25) is 9.59 Å². The minimum absolute atomic E-state index is 0.0544. The van der Waals surface area contributed by atoms with Crippen molar-refractivity contribution in [1.29, 1.82) is 0 Å². The Balaban J connectivity index is 1.51. The Bertz CT molecular complexity index is 1110. The predicted octanol–water partition coefficient (Wildman–Crippen LogP) is 3.89. The molecular weight excluding hydrogens is 412 g/mol. The number of benzene rings is 2. The van der Waals surface area contributed by atoms with Gasteiger partial charge in [0.05, 0.1) is 18.1 Å². The van der Waals surface area contributed by atoms with Crippen molar-refractivity contribution >= 4 is 11.7 Å². The molecule has 1 saturated heterocycles. The first kappa shape index (κ1) is 21.6. The van der Waals surface area contributed by atoms with Crippen molar-refractivity contribution in [1.82, 2.24) is 19.8 Å². The lowest BCUT2D eigenvalue weighted by Gasteiger charge is -2.36. The first-order valence-electron chi connectivity index (χ1n) is 11.9. The number of rotatable bonds is 5. The number of ketones is 1. The van der Waals surface area contributed by atoms with E-state index >= 15 is 0 Å². The zero-order valence-corrected chi connectivity index (χ0v) is 18.8. The monoisotopic (exact) mass is 442 g/mol. The predicted molar refractivity (Wildman–Crippen MR) is 128 cm³/mol. The van der Waals surface area contributed by atoms with Gasteiger partial charge >= 0.3 is 0 Å². The molecule has 1 amide bonds. The highest BCUT2D eigenvalue weighted by atomic mass is 16.2. The molecule has 1 saturated carbocycles. The highest BCUT2D eigenvalue weighted by Gasteiger charge is 2.34. The van der Waals surface area contributed by atoms with E-state index in [0.717, 1.165) is 50.0 Å². The van der Waals surface area contributed by atoms with Crippen LogP contribution in [0.25, 0.3) is 11.3 Å². The standard InChI is InChI=1S/C27H30N4O2/c32-24-14-8-7-13-23(24)31-19-29-25(26(31)21-11-5-2-6-12-21)27(33)30-16-15-28-18-22(30)17-20-9-3-1-4-10-20/h1-6,9-12,19,22-23,28H,7-8,13-18H2/t22-,23?/m1/s1. The van der Waals surface area contributed by atoms with Crippen LogP contribution >= 0.6 is 0 Å². The first-order chi connectivity index (χ1) is 16.2. The molecule has 2 aliphatic rings. The molecule has 0 spiro atoms. The van der Waals surface area contributed by atoms with Gasteiger partial charge in [0.1, 0.15) is 0 Å². The molecular formula is C27H30N4O2. The Kier molecular flexibility index (Phi) is 6.35. The summed E-state index contributed by atoms with van der Waals surface area (Å²) in [7, 11) is 0. The molecule has 170 valence electrons. The van der Waals surface area contributed by atoms with Crippen molar-refractivity contribution in [3.8, 4) is 11.3 Å². The Morgan fingerprint density at radius 3 is 2.55 bits per heavy atom. The van der Waals surface area contributed by atoms with Crippen LogP contribution in [0.5, 0.6) is 0 Å². The molecule has 1 N–H and O–H groups in total. The van der Waals surface area contributed by atoms with E-state index in [9.17, 15) is 9.59 Å². The number of piperazine rings is 1. The number of hydrogen-bond acceptors (Lipinski definition) is 4. The fourth-order valence-electron chi connectivity index (χ4n) is 5.13. The molecule has 1 aliphatic carbocycles. The molecule has 33 heavy (non-hydrogen) atoms. The Morgan fingerprint density at radius 1 is 1.03 bits per heavy atom. The topological polar surface area (TPSA) is 67.2 Å². The highest BCUT2D eigenvalue weighted by molar-refractivity contribution is 5.99. The van der Waals surface area contributed by atoms with Crippen LogP contribution in [0.3, 0.4) is 0 Å². The number of carbonyl (C=O) groups excluding carboxylic acids is 2. The smallest absolute Gasteiger partial charge is 0.275 e. The summed E-state index contributed by atoms with van der Waals surface area (Å²) in [5.41, 5.74) is 3.34. The molecule has 2 heterocycles. The molecule has 2 atom stereocenters. The number of nitrogens with one attached hydrogen (secondary N) is 1.